The quantitative estimate of drug-likeness (QED) is 0.745. The van der Waals surface area contributed by atoms with Crippen LogP contribution in [-0.4, -0.2) is 11.7 Å². The lowest BCUT2D eigenvalue weighted by Gasteiger charge is -2.13. The summed E-state index contributed by atoms with van der Waals surface area (Å²) in [5.41, 5.74) is 1.32. The molecule has 0 aliphatic rings. The summed E-state index contributed by atoms with van der Waals surface area (Å²) in [4.78, 5) is 0. The Morgan fingerprint density at radius 3 is 2.44 bits per heavy atom. The first-order valence-corrected chi connectivity index (χ1v) is 6.90. The number of hydrogen-bond acceptors (Lipinski definition) is 1. The first-order chi connectivity index (χ1) is 7.76. The molecule has 0 saturated carbocycles. The van der Waals surface area contributed by atoms with Crippen LogP contribution in [0.4, 0.5) is 0 Å². The maximum atomic E-state index is 9.33. The monoisotopic (exact) mass is 284 g/mol. The molecule has 0 amide bonds. The van der Waals surface area contributed by atoms with E-state index in [0.717, 1.165) is 17.3 Å². The van der Waals surface area contributed by atoms with E-state index in [1.54, 1.807) is 0 Å². The lowest BCUT2D eigenvalue weighted by atomic mass is 9.94. The van der Waals surface area contributed by atoms with Gasteiger partial charge in [-0.3, -0.25) is 0 Å². The van der Waals surface area contributed by atoms with Gasteiger partial charge in [0.1, 0.15) is 0 Å². The number of unbranched alkanes of at least 4 members (excludes halogenated alkanes) is 2. The van der Waals surface area contributed by atoms with Gasteiger partial charge in [-0.25, -0.2) is 0 Å². The third-order valence-electron chi connectivity index (χ3n) is 2.91. The highest BCUT2D eigenvalue weighted by Crippen LogP contribution is 2.17. The molecule has 0 heterocycles. The normalized spacial score (nSPS) is 12.7. The molecule has 2 heteroatoms. The Morgan fingerprint density at radius 1 is 1.19 bits per heavy atom. The van der Waals surface area contributed by atoms with Crippen molar-refractivity contribution in [3.8, 4) is 0 Å². The predicted octanol–water partition coefficient (Wildman–Crippen LogP) is 4.18. The van der Waals surface area contributed by atoms with Gasteiger partial charge >= 0.3 is 0 Å². The van der Waals surface area contributed by atoms with Gasteiger partial charge in [-0.2, -0.15) is 0 Å². The van der Waals surface area contributed by atoms with Gasteiger partial charge in [0.2, 0.25) is 0 Å². The van der Waals surface area contributed by atoms with Crippen molar-refractivity contribution in [1.82, 2.24) is 0 Å². The minimum atomic E-state index is 0.305. The highest BCUT2D eigenvalue weighted by atomic mass is 79.9. The van der Waals surface area contributed by atoms with Crippen molar-refractivity contribution in [2.75, 3.05) is 6.61 Å². The smallest absolute Gasteiger partial charge is 0.0462 e. The van der Waals surface area contributed by atoms with E-state index in [-0.39, 0.29) is 0 Å². The van der Waals surface area contributed by atoms with E-state index in [0.29, 0.717) is 12.5 Å². The highest BCUT2D eigenvalue weighted by molar-refractivity contribution is 9.10. The van der Waals surface area contributed by atoms with Crippen LogP contribution in [0.1, 0.15) is 38.2 Å². The van der Waals surface area contributed by atoms with Gasteiger partial charge in [-0.05, 0) is 36.5 Å². The predicted molar refractivity (Wildman–Crippen MR) is 72.6 cm³/mol. The van der Waals surface area contributed by atoms with Crippen LogP contribution in [0.25, 0.3) is 0 Å². The van der Waals surface area contributed by atoms with Crippen molar-refractivity contribution in [3.63, 3.8) is 0 Å². The molecule has 1 nitrogen and oxygen atoms in total. The molecule has 0 radical (unpaired) electrons. The summed E-state index contributed by atoms with van der Waals surface area (Å²) in [6.07, 6.45) is 5.89. The van der Waals surface area contributed by atoms with E-state index in [1.165, 1.54) is 24.8 Å². The Labute approximate surface area is 107 Å². The van der Waals surface area contributed by atoms with Crippen molar-refractivity contribution in [2.24, 2.45) is 5.92 Å². The molecule has 1 aromatic carbocycles. The van der Waals surface area contributed by atoms with Crippen molar-refractivity contribution in [3.05, 3.63) is 34.3 Å². The molecule has 16 heavy (non-hydrogen) atoms. The zero-order valence-corrected chi connectivity index (χ0v) is 11.5. The molecule has 1 rings (SSSR count). The number of rotatable bonds is 7. The summed E-state index contributed by atoms with van der Waals surface area (Å²) < 4.78 is 1.11. The van der Waals surface area contributed by atoms with E-state index in [4.69, 9.17) is 0 Å². The molecule has 0 spiro atoms. The van der Waals surface area contributed by atoms with Crippen molar-refractivity contribution >= 4 is 15.9 Å². The van der Waals surface area contributed by atoms with Gasteiger partial charge in [0.25, 0.3) is 0 Å². The summed E-state index contributed by atoms with van der Waals surface area (Å²) in [6, 6.07) is 8.39. The third kappa shape index (κ3) is 5.13. The fourth-order valence-corrected chi connectivity index (χ4v) is 2.16. The minimum Gasteiger partial charge on any atom is -0.396 e. The summed E-state index contributed by atoms with van der Waals surface area (Å²) in [5, 5.41) is 9.33. The second kappa shape index (κ2) is 7.86. The van der Waals surface area contributed by atoms with Crippen LogP contribution < -0.4 is 0 Å². The van der Waals surface area contributed by atoms with Crippen LogP contribution in [0.2, 0.25) is 0 Å². The second-order valence-corrected chi connectivity index (χ2v) is 5.29. The van der Waals surface area contributed by atoms with Crippen LogP contribution in [-0.2, 0) is 6.42 Å². The van der Waals surface area contributed by atoms with Gasteiger partial charge in [-0.15, -0.1) is 0 Å². The maximum Gasteiger partial charge on any atom is 0.0462 e. The molecule has 0 fully saturated rings. The minimum absolute atomic E-state index is 0.305. The maximum absolute atomic E-state index is 9.33. The molecule has 0 aromatic heterocycles. The third-order valence-corrected chi connectivity index (χ3v) is 3.44. The fraction of sp³-hybridized carbons (Fsp3) is 0.571. The van der Waals surface area contributed by atoms with Crippen LogP contribution in [0.3, 0.4) is 0 Å². The van der Waals surface area contributed by atoms with Crippen molar-refractivity contribution in [1.29, 1.82) is 0 Å². The Hall–Kier alpha value is -0.340. The second-order valence-electron chi connectivity index (χ2n) is 4.37. The Kier molecular flexibility index (Phi) is 6.74. The zero-order chi connectivity index (χ0) is 11.8. The van der Waals surface area contributed by atoms with E-state index in [1.807, 2.05) is 0 Å². The zero-order valence-electron chi connectivity index (χ0n) is 9.95. The number of benzene rings is 1. The van der Waals surface area contributed by atoms with Gasteiger partial charge in [0.15, 0.2) is 0 Å². The Morgan fingerprint density at radius 2 is 1.88 bits per heavy atom. The SMILES string of the molecule is CCCCCC(CO)Cc1ccc(Br)cc1. The van der Waals surface area contributed by atoms with Crippen LogP contribution in [0.5, 0.6) is 0 Å². The van der Waals surface area contributed by atoms with Crippen LogP contribution in [0, 0.1) is 5.92 Å². The number of halogens is 1. The summed E-state index contributed by atoms with van der Waals surface area (Å²) in [7, 11) is 0. The number of aliphatic hydroxyl groups is 1. The largest absolute Gasteiger partial charge is 0.396 e. The number of hydrogen-bond donors (Lipinski definition) is 1. The Balaban J connectivity index is 2.40. The molecule has 1 unspecified atom stereocenters. The Bertz CT molecular complexity index is 281. The molecule has 0 aliphatic carbocycles. The molecule has 1 N–H and O–H groups in total. The first-order valence-electron chi connectivity index (χ1n) is 6.11. The molecule has 1 atom stereocenters. The van der Waals surface area contributed by atoms with Gasteiger partial charge < -0.3 is 5.11 Å². The van der Waals surface area contributed by atoms with E-state index < -0.39 is 0 Å². The van der Waals surface area contributed by atoms with Gasteiger partial charge in [-0.1, -0.05) is 54.2 Å². The molecule has 0 aliphatic heterocycles. The number of aliphatic hydroxyl groups excluding tert-OH is 1. The molecule has 1 aromatic rings. The standard InChI is InChI=1S/C14H21BrO/c1-2-3-4-5-13(11-16)10-12-6-8-14(15)9-7-12/h6-9,13,16H,2-5,10-11H2,1H3. The molecular formula is C14H21BrO. The molecule has 90 valence electrons. The lowest BCUT2D eigenvalue weighted by Crippen LogP contribution is -2.09. The van der Waals surface area contributed by atoms with Crippen molar-refractivity contribution < 1.29 is 5.11 Å². The molecule has 0 bridgehead atoms. The molecule has 0 saturated heterocycles. The lowest BCUT2D eigenvalue weighted by molar-refractivity contribution is 0.215. The summed E-state index contributed by atoms with van der Waals surface area (Å²) in [5.74, 6) is 0.424. The van der Waals surface area contributed by atoms with Gasteiger partial charge in [0, 0.05) is 11.1 Å². The summed E-state index contributed by atoms with van der Waals surface area (Å²) >= 11 is 3.43. The van der Waals surface area contributed by atoms with E-state index in [9.17, 15) is 5.11 Å². The molecular weight excluding hydrogens is 264 g/mol. The highest BCUT2D eigenvalue weighted by Gasteiger charge is 2.08. The van der Waals surface area contributed by atoms with Gasteiger partial charge in [0.05, 0.1) is 0 Å². The van der Waals surface area contributed by atoms with Crippen molar-refractivity contribution in [2.45, 2.75) is 39.0 Å². The van der Waals surface area contributed by atoms with Crippen LogP contribution in [0.15, 0.2) is 28.7 Å². The van der Waals surface area contributed by atoms with E-state index >= 15 is 0 Å². The summed E-state index contributed by atoms with van der Waals surface area (Å²) in [6.45, 7) is 2.52. The first kappa shape index (κ1) is 13.7. The average molecular weight is 285 g/mol. The van der Waals surface area contributed by atoms with E-state index in [2.05, 4.69) is 47.1 Å². The topological polar surface area (TPSA) is 20.2 Å². The average Bonchev–Trinajstić information content (AvgIpc) is 2.31. The fourth-order valence-electron chi connectivity index (χ4n) is 1.89. The van der Waals surface area contributed by atoms with Crippen LogP contribution >= 0.6 is 15.9 Å².